The van der Waals surface area contributed by atoms with Gasteiger partial charge in [0.05, 0.1) is 12.4 Å². The molecule has 0 aliphatic carbocycles. The first-order chi connectivity index (χ1) is 8.79. The van der Waals surface area contributed by atoms with Gasteiger partial charge in [-0.1, -0.05) is 0 Å². The van der Waals surface area contributed by atoms with Crippen LogP contribution in [-0.4, -0.2) is 53.9 Å². The number of aldehydes is 1. The number of halogens is 1. The Labute approximate surface area is 106 Å². The smallest absolute Gasteiger partial charge is 0.225 e. The second-order valence-electron chi connectivity index (χ2n) is 4.34. The summed E-state index contributed by atoms with van der Waals surface area (Å²) in [7, 11) is 0. The van der Waals surface area contributed by atoms with Gasteiger partial charge in [0.25, 0.3) is 0 Å². The first-order valence-electron chi connectivity index (χ1n) is 6.18. The lowest BCUT2D eigenvalue weighted by atomic mass is 10.2. The lowest BCUT2D eigenvalue weighted by Gasteiger charge is -2.34. The van der Waals surface area contributed by atoms with Crippen molar-refractivity contribution in [3.05, 3.63) is 18.2 Å². The van der Waals surface area contributed by atoms with E-state index in [1.54, 1.807) is 0 Å². The second kappa shape index (κ2) is 6.39. The summed E-state index contributed by atoms with van der Waals surface area (Å²) in [5, 5.41) is 0. The molecule has 0 radical (unpaired) electrons. The molecule has 0 N–H and O–H groups in total. The van der Waals surface area contributed by atoms with Crippen LogP contribution in [0, 0.1) is 5.82 Å². The number of aromatic nitrogens is 2. The van der Waals surface area contributed by atoms with Gasteiger partial charge in [-0.2, -0.15) is 0 Å². The minimum absolute atomic E-state index is 0.411. The highest BCUT2D eigenvalue weighted by Crippen LogP contribution is 2.10. The van der Waals surface area contributed by atoms with E-state index in [-0.39, 0.29) is 0 Å². The zero-order valence-corrected chi connectivity index (χ0v) is 10.3. The molecule has 1 saturated heterocycles. The van der Waals surface area contributed by atoms with Gasteiger partial charge in [-0.05, 0) is 13.0 Å². The molecule has 0 saturated carbocycles. The monoisotopic (exact) mass is 252 g/mol. The number of hydrogen-bond donors (Lipinski definition) is 0. The molecule has 0 atom stereocenters. The summed E-state index contributed by atoms with van der Waals surface area (Å²) in [5.74, 6) is 0.176. The van der Waals surface area contributed by atoms with Gasteiger partial charge in [-0.3, -0.25) is 4.90 Å². The van der Waals surface area contributed by atoms with Crippen molar-refractivity contribution in [2.75, 3.05) is 37.6 Å². The molecule has 0 aromatic carbocycles. The third kappa shape index (κ3) is 3.46. The molecule has 1 aliphatic heterocycles. The van der Waals surface area contributed by atoms with E-state index in [0.717, 1.165) is 45.4 Å². The summed E-state index contributed by atoms with van der Waals surface area (Å²) < 4.78 is 12.7. The van der Waals surface area contributed by atoms with E-state index in [0.29, 0.717) is 12.4 Å². The average Bonchev–Trinajstić information content (AvgIpc) is 2.41. The molecule has 6 heteroatoms. The summed E-state index contributed by atoms with van der Waals surface area (Å²) in [4.78, 5) is 22.6. The van der Waals surface area contributed by atoms with Crippen LogP contribution in [0.5, 0.6) is 0 Å². The Balaban J connectivity index is 1.79. The third-order valence-electron chi connectivity index (χ3n) is 3.06. The lowest BCUT2D eigenvalue weighted by molar-refractivity contribution is -0.108. The van der Waals surface area contributed by atoms with Crippen LogP contribution in [-0.2, 0) is 4.79 Å². The van der Waals surface area contributed by atoms with Crippen molar-refractivity contribution in [3.63, 3.8) is 0 Å². The predicted octanol–water partition coefficient (Wildman–Crippen LogP) is 0.717. The van der Waals surface area contributed by atoms with Gasteiger partial charge in [0.2, 0.25) is 5.95 Å². The van der Waals surface area contributed by atoms with Gasteiger partial charge in [0.15, 0.2) is 5.82 Å². The van der Waals surface area contributed by atoms with E-state index in [2.05, 4.69) is 19.8 Å². The van der Waals surface area contributed by atoms with Gasteiger partial charge >= 0.3 is 0 Å². The van der Waals surface area contributed by atoms with Crippen LogP contribution in [0.4, 0.5) is 10.3 Å². The van der Waals surface area contributed by atoms with Crippen molar-refractivity contribution >= 4 is 12.2 Å². The fourth-order valence-electron chi connectivity index (χ4n) is 2.04. The van der Waals surface area contributed by atoms with Crippen molar-refractivity contribution < 1.29 is 9.18 Å². The van der Waals surface area contributed by atoms with E-state index in [9.17, 15) is 9.18 Å². The molecule has 1 fully saturated rings. The Morgan fingerprint density at radius 2 is 1.89 bits per heavy atom. The molecule has 0 bridgehead atoms. The van der Waals surface area contributed by atoms with Crippen LogP contribution in [0.25, 0.3) is 0 Å². The largest absolute Gasteiger partial charge is 0.338 e. The molecule has 0 amide bonds. The number of unbranched alkanes of at least 4 members (excludes halogenated alkanes) is 1. The number of nitrogens with zero attached hydrogens (tertiary/aromatic N) is 4. The highest BCUT2D eigenvalue weighted by molar-refractivity contribution is 5.49. The van der Waals surface area contributed by atoms with Crippen molar-refractivity contribution in [3.8, 4) is 0 Å². The van der Waals surface area contributed by atoms with Gasteiger partial charge in [0, 0.05) is 32.6 Å². The van der Waals surface area contributed by atoms with Crippen LogP contribution < -0.4 is 4.90 Å². The van der Waals surface area contributed by atoms with Crippen molar-refractivity contribution in [2.45, 2.75) is 12.8 Å². The Bertz CT molecular complexity index is 376. The fourth-order valence-corrected chi connectivity index (χ4v) is 2.04. The first-order valence-corrected chi connectivity index (χ1v) is 6.18. The second-order valence-corrected chi connectivity index (χ2v) is 4.34. The standard InChI is InChI=1S/C12H17FN4O/c13-11-9-14-12(15-10-11)17-6-4-16(5-7-17)3-1-2-8-18/h8-10H,1-7H2. The molecule has 0 spiro atoms. The van der Waals surface area contributed by atoms with Crippen LogP contribution in [0.1, 0.15) is 12.8 Å². The third-order valence-corrected chi connectivity index (χ3v) is 3.06. The van der Waals surface area contributed by atoms with Crippen LogP contribution in [0.3, 0.4) is 0 Å². The summed E-state index contributed by atoms with van der Waals surface area (Å²) in [6, 6.07) is 0. The number of piperazine rings is 1. The average molecular weight is 252 g/mol. The molecule has 2 rings (SSSR count). The van der Waals surface area contributed by atoms with Crippen molar-refractivity contribution in [1.29, 1.82) is 0 Å². The van der Waals surface area contributed by atoms with E-state index in [4.69, 9.17) is 0 Å². The predicted molar refractivity (Wildman–Crippen MR) is 65.9 cm³/mol. The minimum atomic E-state index is -0.411. The SMILES string of the molecule is O=CCCCN1CCN(c2ncc(F)cn2)CC1. The Morgan fingerprint density at radius 3 is 2.50 bits per heavy atom. The quantitative estimate of drug-likeness (QED) is 0.571. The molecule has 2 heterocycles. The number of hydrogen-bond acceptors (Lipinski definition) is 5. The molecule has 18 heavy (non-hydrogen) atoms. The zero-order chi connectivity index (χ0) is 12.8. The molecular formula is C12H17FN4O. The van der Waals surface area contributed by atoms with Crippen LogP contribution >= 0.6 is 0 Å². The highest BCUT2D eigenvalue weighted by Gasteiger charge is 2.18. The number of carbonyl (C=O) groups excluding carboxylic acids is 1. The maximum Gasteiger partial charge on any atom is 0.225 e. The van der Waals surface area contributed by atoms with Crippen LogP contribution in [0.2, 0.25) is 0 Å². The Kier molecular flexibility index (Phi) is 4.58. The topological polar surface area (TPSA) is 49.3 Å². The Hall–Kier alpha value is -1.56. The van der Waals surface area contributed by atoms with Gasteiger partial charge < -0.3 is 9.69 Å². The summed E-state index contributed by atoms with van der Waals surface area (Å²) in [6.07, 6.45) is 4.89. The molecule has 1 aromatic rings. The maximum absolute atomic E-state index is 12.7. The molecule has 1 aromatic heterocycles. The van der Waals surface area contributed by atoms with E-state index in [1.165, 1.54) is 12.4 Å². The van der Waals surface area contributed by atoms with E-state index < -0.39 is 5.82 Å². The Morgan fingerprint density at radius 1 is 1.22 bits per heavy atom. The molecule has 0 unspecified atom stereocenters. The van der Waals surface area contributed by atoms with Crippen LogP contribution in [0.15, 0.2) is 12.4 Å². The summed E-state index contributed by atoms with van der Waals surface area (Å²) in [6.45, 7) is 4.50. The fraction of sp³-hybridized carbons (Fsp3) is 0.583. The van der Waals surface area contributed by atoms with Gasteiger partial charge in [0.1, 0.15) is 6.29 Å². The van der Waals surface area contributed by atoms with E-state index >= 15 is 0 Å². The first kappa shape index (κ1) is 12.9. The molecular weight excluding hydrogens is 235 g/mol. The normalized spacial score (nSPS) is 16.8. The number of carbonyl (C=O) groups is 1. The van der Waals surface area contributed by atoms with E-state index in [1.807, 2.05) is 0 Å². The van der Waals surface area contributed by atoms with Gasteiger partial charge in [-0.25, -0.2) is 14.4 Å². The summed E-state index contributed by atoms with van der Waals surface area (Å²) >= 11 is 0. The maximum atomic E-state index is 12.7. The van der Waals surface area contributed by atoms with Crippen molar-refractivity contribution in [1.82, 2.24) is 14.9 Å². The minimum Gasteiger partial charge on any atom is -0.338 e. The molecule has 1 aliphatic rings. The zero-order valence-electron chi connectivity index (χ0n) is 10.3. The number of anilines is 1. The lowest BCUT2D eigenvalue weighted by Crippen LogP contribution is -2.47. The molecule has 98 valence electrons. The van der Waals surface area contributed by atoms with Gasteiger partial charge in [-0.15, -0.1) is 0 Å². The number of rotatable bonds is 5. The highest BCUT2D eigenvalue weighted by atomic mass is 19.1. The summed E-state index contributed by atoms with van der Waals surface area (Å²) in [5.41, 5.74) is 0. The van der Waals surface area contributed by atoms with Crippen molar-refractivity contribution in [2.24, 2.45) is 0 Å². The molecule has 5 nitrogen and oxygen atoms in total.